The first-order valence-electron chi connectivity index (χ1n) is 5.75. The summed E-state index contributed by atoms with van der Waals surface area (Å²) in [4.78, 5) is 28.1. The number of β-amino-alcohol motifs (C(OH)–C–C–N with tert-alkyl or cyclic N) is 1. The highest BCUT2D eigenvalue weighted by Crippen LogP contribution is 2.25. The van der Waals surface area contributed by atoms with E-state index in [2.05, 4.69) is 9.72 Å². The molecule has 2 rings (SSSR count). The van der Waals surface area contributed by atoms with E-state index in [1.54, 1.807) is 0 Å². The minimum Gasteiger partial charge on any atom is -0.480 e. The summed E-state index contributed by atoms with van der Waals surface area (Å²) < 4.78 is 4.60. The SMILES string of the molecule is COC(=O)c1ccnc(N2CC(O)CC2C(=O)O)c1. The van der Waals surface area contributed by atoms with Crippen molar-refractivity contribution in [3.63, 3.8) is 0 Å². The molecule has 0 spiro atoms. The molecule has 1 fully saturated rings. The predicted octanol–water partition coefficient (Wildman–Crippen LogP) is -0.108. The van der Waals surface area contributed by atoms with E-state index in [1.165, 1.54) is 30.3 Å². The van der Waals surface area contributed by atoms with Crippen LogP contribution < -0.4 is 4.90 Å². The number of aromatic nitrogens is 1. The fourth-order valence-corrected chi connectivity index (χ4v) is 2.12. The summed E-state index contributed by atoms with van der Waals surface area (Å²) in [6, 6.07) is 2.10. The summed E-state index contributed by atoms with van der Waals surface area (Å²) in [7, 11) is 1.27. The summed E-state index contributed by atoms with van der Waals surface area (Å²) in [6.45, 7) is 0.175. The summed E-state index contributed by atoms with van der Waals surface area (Å²) in [6.07, 6.45) is 0.828. The third kappa shape index (κ3) is 2.65. The van der Waals surface area contributed by atoms with Gasteiger partial charge in [0.15, 0.2) is 0 Å². The molecule has 2 heterocycles. The van der Waals surface area contributed by atoms with E-state index in [0.29, 0.717) is 5.82 Å². The van der Waals surface area contributed by atoms with Crippen LogP contribution in [0.25, 0.3) is 0 Å². The minimum absolute atomic E-state index is 0.138. The number of methoxy groups -OCH3 is 1. The van der Waals surface area contributed by atoms with Gasteiger partial charge in [-0.15, -0.1) is 0 Å². The number of hydrogen-bond donors (Lipinski definition) is 2. The Bertz CT molecular complexity index is 505. The standard InChI is InChI=1S/C12H14N2O5/c1-19-12(18)7-2-3-13-10(4-7)14-6-8(15)5-9(14)11(16)17/h2-4,8-9,15H,5-6H2,1H3,(H,16,17). The first-order chi connectivity index (χ1) is 9.02. The van der Waals surface area contributed by atoms with Crippen molar-refractivity contribution in [3.8, 4) is 0 Å². The van der Waals surface area contributed by atoms with Crippen LogP contribution >= 0.6 is 0 Å². The first kappa shape index (κ1) is 13.3. The van der Waals surface area contributed by atoms with Gasteiger partial charge in [0.05, 0.1) is 18.8 Å². The molecule has 7 nitrogen and oxygen atoms in total. The number of aliphatic hydroxyl groups excluding tert-OH is 1. The zero-order valence-corrected chi connectivity index (χ0v) is 10.3. The van der Waals surface area contributed by atoms with Gasteiger partial charge < -0.3 is 19.8 Å². The molecule has 0 aromatic carbocycles. The van der Waals surface area contributed by atoms with Gasteiger partial charge in [0.2, 0.25) is 0 Å². The second-order valence-electron chi connectivity index (χ2n) is 4.29. The van der Waals surface area contributed by atoms with E-state index in [9.17, 15) is 14.7 Å². The van der Waals surface area contributed by atoms with Gasteiger partial charge in [0.1, 0.15) is 11.9 Å². The molecule has 1 aliphatic heterocycles. The summed E-state index contributed by atoms with van der Waals surface area (Å²) >= 11 is 0. The van der Waals surface area contributed by atoms with Crippen LogP contribution in [0.4, 0.5) is 5.82 Å². The Hall–Kier alpha value is -2.15. The van der Waals surface area contributed by atoms with Gasteiger partial charge >= 0.3 is 11.9 Å². The number of carbonyl (C=O) groups is 2. The molecular weight excluding hydrogens is 252 g/mol. The smallest absolute Gasteiger partial charge is 0.338 e. The third-order valence-electron chi connectivity index (χ3n) is 3.02. The van der Waals surface area contributed by atoms with Crippen LogP contribution in [0.2, 0.25) is 0 Å². The molecule has 0 bridgehead atoms. The third-order valence-corrected chi connectivity index (χ3v) is 3.02. The van der Waals surface area contributed by atoms with Gasteiger partial charge in [-0.05, 0) is 12.1 Å². The Morgan fingerprint density at radius 1 is 1.53 bits per heavy atom. The van der Waals surface area contributed by atoms with E-state index in [1.807, 2.05) is 0 Å². The highest BCUT2D eigenvalue weighted by Gasteiger charge is 2.36. The Morgan fingerprint density at radius 2 is 2.26 bits per heavy atom. The largest absolute Gasteiger partial charge is 0.480 e. The number of carbonyl (C=O) groups excluding carboxylic acids is 1. The topological polar surface area (TPSA) is 100.0 Å². The average molecular weight is 266 g/mol. The maximum absolute atomic E-state index is 11.4. The molecule has 102 valence electrons. The van der Waals surface area contributed by atoms with Gasteiger partial charge in [-0.25, -0.2) is 14.6 Å². The van der Waals surface area contributed by atoms with Gasteiger partial charge in [0.25, 0.3) is 0 Å². The molecule has 19 heavy (non-hydrogen) atoms. The molecule has 1 aromatic heterocycles. The molecule has 2 unspecified atom stereocenters. The molecule has 2 atom stereocenters. The summed E-state index contributed by atoms with van der Waals surface area (Å²) in [5.74, 6) is -1.20. The zero-order valence-electron chi connectivity index (χ0n) is 10.3. The number of aliphatic carboxylic acids is 1. The van der Waals surface area contributed by atoms with Crippen molar-refractivity contribution in [3.05, 3.63) is 23.9 Å². The normalized spacial score (nSPS) is 22.3. The molecule has 0 saturated carbocycles. The van der Waals surface area contributed by atoms with Crippen molar-refractivity contribution in [1.82, 2.24) is 4.98 Å². The number of rotatable bonds is 3. The van der Waals surface area contributed by atoms with E-state index in [-0.39, 0.29) is 18.5 Å². The second-order valence-corrected chi connectivity index (χ2v) is 4.29. The molecule has 1 saturated heterocycles. The van der Waals surface area contributed by atoms with Crippen molar-refractivity contribution in [2.24, 2.45) is 0 Å². The predicted molar refractivity (Wildman–Crippen MR) is 65.0 cm³/mol. The molecule has 7 heteroatoms. The number of carboxylic acid groups (broad SMARTS) is 1. The summed E-state index contributed by atoms with van der Waals surface area (Å²) in [5.41, 5.74) is 0.290. The van der Waals surface area contributed by atoms with Crippen LogP contribution in [-0.2, 0) is 9.53 Å². The Balaban J connectivity index is 2.30. The zero-order chi connectivity index (χ0) is 14.0. The average Bonchev–Trinajstić information content (AvgIpc) is 2.80. The Labute approximate surface area is 109 Å². The van der Waals surface area contributed by atoms with Gasteiger partial charge in [-0.1, -0.05) is 0 Å². The maximum atomic E-state index is 11.4. The van der Waals surface area contributed by atoms with Crippen molar-refractivity contribution in [2.75, 3.05) is 18.6 Å². The number of pyridine rings is 1. The molecule has 0 radical (unpaired) electrons. The quantitative estimate of drug-likeness (QED) is 0.736. The van der Waals surface area contributed by atoms with Crippen LogP contribution in [0, 0.1) is 0 Å². The lowest BCUT2D eigenvalue weighted by molar-refractivity contribution is -0.138. The lowest BCUT2D eigenvalue weighted by Crippen LogP contribution is -2.36. The minimum atomic E-state index is -1.03. The van der Waals surface area contributed by atoms with Crippen molar-refractivity contribution < 1.29 is 24.5 Å². The fraction of sp³-hybridized carbons (Fsp3) is 0.417. The van der Waals surface area contributed by atoms with E-state index < -0.39 is 24.1 Å². The fourth-order valence-electron chi connectivity index (χ4n) is 2.12. The van der Waals surface area contributed by atoms with Crippen LogP contribution in [-0.4, -0.2) is 52.9 Å². The molecule has 1 aliphatic rings. The van der Waals surface area contributed by atoms with Crippen LogP contribution in [0.15, 0.2) is 18.3 Å². The molecule has 0 amide bonds. The van der Waals surface area contributed by atoms with Gasteiger partial charge in [-0.3, -0.25) is 0 Å². The highest BCUT2D eigenvalue weighted by molar-refractivity contribution is 5.90. The summed E-state index contributed by atoms with van der Waals surface area (Å²) in [5, 5.41) is 18.7. The van der Waals surface area contributed by atoms with Crippen molar-refractivity contribution >= 4 is 17.8 Å². The lowest BCUT2D eigenvalue weighted by atomic mass is 10.2. The second kappa shape index (κ2) is 5.23. The van der Waals surface area contributed by atoms with E-state index in [0.717, 1.165) is 0 Å². The number of hydrogen-bond acceptors (Lipinski definition) is 6. The van der Waals surface area contributed by atoms with Crippen LogP contribution in [0.3, 0.4) is 0 Å². The van der Waals surface area contributed by atoms with E-state index >= 15 is 0 Å². The maximum Gasteiger partial charge on any atom is 0.338 e. The monoisotopic (exact) mass is 266 g/mol. The Morgan fingerprint density at radius 3 is 2.89 bits per heavy atom. The van der Waals surface area contributed by atoms with Gasteiger partial charge in [0, 0.05) is 19.2 Å². The highest BCUT2D eigenvalue weighted by atomic mass is 16.5. The Kier molecular flexibility index (Phi) is 3.66. The van der Waals surface area contributed by atoms with Crippen molar-refractivity contribution in [1.29, 1.82) is 0 Å². The first-order valence-corrected chi connectivity index (χ1v) is 5.75. The number of esters is 1. The number of carboxylic acids is 1. The van der Waals surface area contributed by atoms with Crippen LogP contribution in [0.5, 0.6) is 0 Å². The van der Waals surface area contributed by atoms with E-state index in [4.69, 9.17) is 5.11 Å². The van der Waals surface area contributed by atoms with Crippen molar-refractivity contribution in [2.45, 2.75) is 18.6 Å². The molecular formula is C12H14N2O5. The number of nitrogens with zero attached hydrogens (tertiary/aromatic N) is 2. The van der Waals surface area contributed by atoms with Gasteiger partial charge in [-0.2, -0.15) is 0 Å². The number of aliphatic hydroxyl groups is 1. The molecule has 2 N–H and O–H groups in total. The number of anilines is 1. The lowest BCUT2D eigenvalue weighted by Gasteiger charge is -2.22. The molecule has 0 aliphatic carbocycles. The number of ether oxygens (including phenoxy) is 1. The molecule has 1 aromatic rings. The van der Waals surface area contributed by atoms with Crippen LogP contribution in [0.1, 0.15) is 16.8 Å².